The van der Waals surface area contributed by atoms with E-state index in [1.165, 1.54) is 12.1 Å². The zero-order chi connectivity index (χ0) is 14.4. The molecule has 0 saturated carbocycles. The van der Waals surface area contributed by atoms with Gasteiger partial charge in [0, 0.05) is 18.4 Å². The van der Waals surface area contributed by atoms with Crippen LogP contribution in [0.4, 0.5) is 4.39 Å². The molecule has 0 bridgehead atoms. The quantitative estimate of drug-likeness (QED) is 0.839. The zero-order valence-corrected chi connectivity index (χ0v) is 10.6. The van der Waals surface area contributed by atoms with E-state index in [-0.39, 0.29) is 24.7 Å². The minimum atomic E-state index is -0.331. The minimum Gasteiger partial charge on any atom is -0.345 e. The van der Waals surface area contributed by atoms with Crippen molar-refractivity contribution >= 4 is 5.91 Å². The molecule has 1 N–H and O–H groups in total. The molecule has 0 unspecified atom stereocenters. The van der Waals surface area contributed by atoms with Gasteiger partial charge in [0.05, 0.1) is 6.54 Å². The SMILES string of the molecule is C#CCNC(=O)CCc1nc(-c2ccc(F)cc2)no1. The molecule has 2 aromatic rings. The maximum Gasteiger partial charge on any atom is 0.227 e. The predicted molar refractivity (Wildman–Crippen MR) is 69.9 cm³/mol. The van der Waals surface area contributed by atoms with Gasteiger partial charge in [0.25, 0.3) is 0 Å². The number of aromatic nitrogens is 2. The lowest BCUT2D eigenvalue weighted by Crippen LogP contribution is -2.23. The van der Waals surface area contributed by atoms with Crippen molar-refractivity contribution in [1.29, 1.82) is 0 Å². The number of hydrogen-bond donors (Lipinski definition) is 1. The topological polar surface area (TPSA) is 68.0 Å². The zero-order valence-electron chi connectivity index (χ0n) is 10.6. The lowest BCUT2D eigenvalue weighted by Gasteiger charge is -1.97. The van der Waals surface area contributed by atoms with Crippen LogP contribution < -0.4 is 5.32 Å². The van der Waals surface area contributed by atoms with E-state index in [0.717, 1.165) is 0 Å². The third-order valence-electron chi connectivity index (χ3n) is 2.52. The molecule has 102 valence electrons. The van der Waals surface area contributed by atoms with Gasteiger partial charge in [-0.1, -0.05) is 11.1 Å². The number of terminal acetylenes is 1. The fourth-order valence-corrected chi connectivity index (χ4v) is 1.53. The molecule has 1 aromatic carbocycles. The molecule has 6 heteroatoms. The number of rotatable bonds is 5. The molecular formula is C14H12FN3O2. The van der Waals surface area contributed by atoms with Crippen molar-refractivity contribution in [3.05, 3.63) is 36.0 Å². The van der Waals surface area contributed by atoms with Crippen LogP contribution in [-0.4, -0.2) is 22.6 Å². The Kier molecular flexibility index (Phi) is 4.45. The summed E-state index contributed by atoms with van der Waals surface area (Å²) in [5, 5.41) is 6.32. The average molecular weight is 273 g/mol. The van der Waals surface area contributed by atoms with Crippen LogP contribution in [0.3, 0.4) is 0 Å². The van der Waals surface area contributed by atoms with Crippen LogP contribution in [0.15, 0.2) is 28.8 Å². The molecule has 0 aliphatic heterocycles. The van der Waals surface area contributed by atoms with Gasteiger partial charge < -0.3 is 9.84 Å². The highest BCUT2D eigenvalue weighted by Crippen LogP contribution is 2.16. The smallest absolute Gasteiger partial charge is 0.227 e. The molecule has 1 aromatic heterocycles. The van der Waals surface area contributed by atoms with Crippen LogP contribution in [0, 0.1) is 18.2 Å². The minimum absolute atomic E-state index is 0.176. The highest BCUT2D eigenvalue weighted by atomic mass is 19.1. The Morgan fingerprint density at radius 1 is 1.40 bits per heavy atom. The van der Waals surface area contributed by atoms with E-state index < -0.39 is 0 Å². The number of carbonyl (C=O) groups excluding carboxylic acids is 1. The van der Waals surface area contributed by atoms with E-state index in [1.807, 2.05) is 0 Å². The highest BCUT2D eigenvalue weighted by Gasteiger charge is 2.10. The number of aryl methyl sites for hydroxylation is 1. The second-order valence-corrected chi connectivity index (χ2v) is 4.00. The van der Waals surface area contributed by atoms with Crippen LogP contribution in [0.25, 0.3) is 11.4 Å². The van der Waals surface area contributed by atoms with Crippen molar-refractivity contribution in [2.75, 3.05) is 6.54 Å². The summed E-state index contributed by atoms with van der Waals surface area (Å²) in [6.07, 6.45) is 5.57. The molecule has 0 aliphatic rings. The summed E-state index contributed by atoms with van der Waals surface area (Å²) in [6, 6.07) is 5.75. The number of nitrogens with one attached hydrogen (secondary N) is 1. The van der Waals surface area contributed by atoms with Gasteiger partial charge in [0.2, 0.25) is 17.6 Å². The van der Waals surface area contributed by atoms with Gasteiger partial charge in [-0.2, -0.15) is 4.98 Å². The molecule has 0 atom stereocenters. The third-order valence-corrected chi connectivity index (χ3v) is 2.52. The summed E-state index contributed by atoms with van der Waals surface area (Å²) >= 11 is 0. The highest BCUT2D eigenvalue weighted by molar-refractivity contribution is 5.76. The Bertz CT molecular complexity index is 629. The molecule has 20 heavy (non-hydrogen) atoms. The van der Waals surface area contributed by atoms with Gasteiger partial charge in [-0.05, 0) is 24.3 Å². The molecule has 5 nitrogen and oxygen atoms in total. The Hall–Kier alpha value is -2.68. The van der Waals surface area contributed by atoms with E-state index in [0.29, 0.717) is 23.7 Å². The van der Waals surface area contributed by atoms with Crippen molar-refractivity contribution in [3.8, 4) is 23.7 Å². The third kappa shape index (κ3) is 3.65. The number of nitrogens with zero attached hydrogens (tertiary/aromatic N) is 2. The summed E-state index contributed by atoms with van der Waals surface area (Å²) in [6.45, 7) is 0.198. The van der Waals surface area contributed by atoms with Crippen LogP contribution >= 0.6 is 0 Å². The van der Waals surface area contributed by atoms with Crippen LogP contribution in [0.2, 0.25) is 0 Å². The summed E-state index contributed by atoms with van der Waals surface area (Å²) in [5.41, 5.74) is 0.651. The molecular weight excluding hydrogens is 261 g/mol. The van der Waals surface area contributed by atoms with E-state index in [4.69, 9.17) is 10.9 Å². The maximum absolute atomic E-state index is 12.8. The van der Waals surface area contributed by atoms with Gasteiger partial charge in [-0.25, -0.2) is 4.39 Å². The van der Waals surface area contributed by atoms with Crippen LogP contribution in [0.1, 0.15) is 12.3 Å². The van der Waals surface area contributed by atoms with E-state index in [2.05, 4.69) is 21.4 Å². The fraction of sp³-hybridized carbons (Fsp3) is 0.214. The van der Waals surface area contributed by atoms with Crippen LogP contribution in [-0.2, 0) is 11.2 Å². The first kappa shape index (κ1) is 13.7. The number of halogens is 1. The number of hydrogen-bond acceptors (Lipinski definition) is 4. The summed E-state index contributed by atoms with van der Waals surface area (Å²) < 4.78 is 17.8. The molecule has 1 heterocycles. The average Bonchev–Trinajstić information content (AvgIpc) is 2.92. The van der Waals surface area contributed by atoms with Crippen LogP contribution in [0.5, 0.6) is 0 Å². The maximum atomic E-state index is 12.8. The number of carbonyl (C=O) groups is 1. The van der Waals surface area contributed by atoms with Gasteiger partial charge in [0.1, 0.15) is 5.82 Å². The van der Waals surface area contributed by atoms with Gasteiger partial charge in [0.15, 0.2) is 0 Å². The first-order valence-electron chi connectivity index (χ1n) is 5.97. The fourth-order valence-electron chi connectivity index (χ4n) is 1.53. The Morgan fingerprint density at radius 2 is 2.15 bits per heavy atom. The lowest BCUT2D eigenvalue weighted by molar-refractivity contribution is -0.120. The summed E-state index contributed by atoms with van der Waals surface area (Å²) in [4.78, 5) is 15.5. The van der Waals surface area contributed by atoms with Crippen molar-refractivity contribution in [3.63, 3.8) is 0 Å². The normalized spacial score (nSPS) is 10.0. The largest absolute Gasteiger partial charge is 0.345 e. The summed E-state index contributed by atoms with van der Waals surface area (Å²) in [7, 11) is 0. The molecule has 0 radical (unpaired) electrons. The molecule has 2 rings (SSSR count). The Morgan fingerprint density at radius 3 is 2.85 bits per heavy atom. The van der Waals surface area contributed by atoms with E-state index in [1.54, 1.807) is 12.1 Å². The van der Waals surface area contributed by atoms with E-state index >= 15 is 0 Å². The van der Waals surface area contributed by atoms with Crippen molar-refractivity contribution in [2.24, 2.45) is 0 Å². The van der Waals surface area contributed by atoms with Crippen molar-refractivity contribution < 1.29 is 13.7 Å². The number of benzene rings is 1. The first-order chi connectivity index (χ1) is 9.69. The molecule has 0 saturated heterocycles. The van der Waals surface area contributed by atoms with Crippen molar-refractivity contribution in [2.45, 2.75) is 12.8 Å². The lowest BCUT2D eigenvalue weighted by atomic mass is 10.2. The molecule has 0 fully saturated rings. The first-order valence-corrected chi connectivity index (χ1v) is 5.97. The van der Waals surface area contributed by atoms with E-state index in [9.17, 15) is 9.18 Å². The molecule has 0 aliphatic carbocycles. The number of amides is 1. The monoisotopic (exact) mass is 273 g/mol. The van der Waals surface area contributed by atoms with Gasteiger partial charge in [-0.15, -0.1) is 6.42 Å². The Balaban J connectivity index is 1.94. The van der Waals surface area contributed by atoms with Gasteiger partial charge in [-0.3, -0.25) is 4.79 Å². The second kappa shape index (κ2) is 6.48. The van der Waals surface area contributed by atoms with Gasteiger partial charge >= 0.3 is 0 Å². The second-order valence-electron chi connectivity index (χ2n) is 4.00. The summed E-state index contributed by atoms with van der Waals surface area (Å²) in [5.74, 6) is 2.52. The molecule has 0 spiro atoms. The standard InChI is InChI=1S/C14H12FN3O2/c1-2-9-16-12(19)7-8-13-17-14(18-20-13)10-3-5-11(15)6-4-10/h1,3-6H,7-9H2,(H,16,19). The molecule has 1 amide bonds. The Labute approximate surface area is 115 Å². The predicted octanol–water partition coefficient (Wildman–Crippen LogP) is 1.56. The van der Waals surface area contributed by atoms with Crippen molar-refractivity contribution in [1.82, 2.24) is 15.5 Å².